The van der Waals surface area contributed by atoms with E-state index in [1.807, 2.05) is 0 Å². The number of carboxylic acids is 1. The molecule has 0 spiro atoms. The molecule has 2 aromatic heterocycles. The van der Waals surface area contributed by atoms with Crippen molar-refractivity contribution in [2.75, 3.05) is 7.11 Å². The van der Waals surface area contributed by atoms with Crippen LogP contribution < -0.4 is 0 Å². The van der Waals surface area contributed by atoms with Gasteiger partial charge in [0.1, 0.15) is 22.8 Å². The molecule has 0 saturated heterocycles. The first-order chi connectivity index (χ1) is 15.9. The van der Waals surface area contributed by atoms with Crippen molar-refractivity contribution in [2.45, 2.75) is 0 Å². The van der Waals surface area contributed by atoms with Gasteiger partial charge in [-0.25, -0.2) is 38.3 Å². The number of halogens is 2. The molecule has 4 aromatic rings. The molecule has 0 saturated carbocycles. The van der Waals surface area contributed by atoms with Crippen LogP contribution in [0.4, 0.5) is 8.78 Å². The second-order valence-corrected chi connectivity index (χ2v) is 6.27. The lowest BCUT2D eigenvalue weighted by Gasteiger charge is -2.07. The van der Waals surface area contributed by atoms with E-state index in [2.05, 4.69) is 24.7 Å². The third-order valence-corrected chi connectivity index (χ3v) is 4.24. The summed E-state index contributed by atoms with van der Waals surface area (Å²) in [5, 5.41) is 8.91. The van der Waals surface area contributed by atoms with E-state index in [1.54, 1.807) is 18.2 Å². The first-order valence-electron chi connectivity index (χ1n) is 9.37. The smallest absolute Gasteiger partial charge is 0.341 e. The molecule has 0 aliphatic carbocycles. The predicted molar refractivity (Wildman–Crippen MR) is 113 cm³/mol. The van der Waals surface area contributed by atoms with Crippen LogP contribution in [0.15, 0.2) is 73.3 Å². The topological polar surface area (TPSA) is 115 Å². The Balaban J connectivity index is 0.000000186. The zero-order valence-electron chi connectivity index (χ0n) is 17.1. The highest BCUT2D eigenvalue weighted by molar-refractivity contribution is 5.96. The fraction of sp³-hybridized carbons (Fsp3) is 0.0435. The Labute approximate surface area is 186 Å². The highest BCUT2D eigenvalue weighted by atomic mass is 19.1. The minimum Gasteiger partial charge on any atom is -0.478 e. The number of ether oxygens (including phenoxy) is 1. The minimum absolute atomic E-state index is 0.152. The van der Waals surface area contributed by atoms with E-state index < -0.39 is 29.1 Å². The van der Waals surface area contributed by atoms with Gasteiger partial charge in [-0.1, -0.05) is 24.3 Å². The summed E-state index contributed by atoms with van der Waals surface area (Å²) in [6, 6.07) is 11.5. The van der Waals surface area contributed by atoms with Crippen molar-refractivity contribution in [1.29, 1.82) is 0 Å². The maximum atomic E-state index is 13.6. The summed E-state index contributed by atoms with van der Waals surface area (Å²) >= 11 is 0. The van der Waals surface area contributed by atoms with Crippen LogP contribution >= 0.6 is 0 Å². The SMILES string of the molecule is COC(=O)c1c(F)cccc1-c1ncccn1.O=C(O)c1c(F)cccc1-c1ncccn1. The number of hydrogen-bond acceptors (Lipinski definition) is 7. The number of carboxylic acid groups (broad SMARTS) is 1. The number of nitrogens with zero attached hydrogens (tertiary/aromatic N) is 4. The standard InChI is InChI=1S/C12H9FN2O2.C11H7FN2O2/c1-17-12(16)10-8(4-2-5-9(10)13)11-14-6-3-7-15-11;12-8-4-1-3-7(9(8)11(15)16)10-13-5-2-6-14-10/h2-7H,1H3;1-6H,(H,15,16). The molecule has 0 aliphatic rings. The number of aromatic nitrogens is 4. The second-order valence-electron chi connectivity index (χ2n) is 6.27. The summed E-state index contributed by atoms with van der Waals surface area (Å²) in [5.74, 6) is -3.04. The third-order valence-electron chi connectivity index (χ3n) is 4.24. The molecule has 0 atom stereocenters. The fourth-order valence-corrected chi connectivity index (χ4v) is 2.82. The number of hydrogen-bond donors (Lipinski definition) is 1. The van der Waals surface area contributed by atoms with Gasteiger partial charge < -0.3 is 9.84 Å². The monoisotopic (exact) mass is 450 g/mol. The van der Waals surface area contributed by atoms with Gasteiger partial charge in [-0.05, 0) is 24.3 Å². The average Bonchev–Trinajstić information content (AvgIpc) is 2.84. The summed E-state index contributed by atoms with van der Waals surface area (Å²) in [6.45, 7) is 0. The Morgan fingerprint density at radius 2 is 1.15 bits per heavy atom. The lowest BCUT2D eigenvalue weighted by molar-refractivity contribution is 0.0595. The van der Waals surface area contributed by atoms with Crippen LogP contribution in [-0.2, 0) is 4.74 Å². The Hall–Kier alpha value is -4.60. The molecule has 10 heteroatoms. The first-order valence-corrected chi connectivity index (χ1v) is 9.37. The lowest BCUT2D eigenvalue weighted by atomic mass is 10.1. The second kappa shape index (κ2) is 10.6. The number of aromatic carboxylic acids is 1. The Bertz CT molecular complexity index is 1270. The van der Waals surface area contributed by atoms with E-state index in [0.717, 1.165) is 6.07 Å². The molecule has 0 bridgehead atoms. The van der Waals surface area contributed by atoms with Gasteiger partial charge in [-0.2, -0.15) is 0 Å². The van der Waals surface area contributed by atoms with Crippen molar-refractivity contribution in [3.05, 3.63) is 96.1 Å². The third kappa shape index (κ3) is 5.37. The molecule has 2 aromatic carbocycles. The normalized spacial score (nSPS) is 10.0. The van der Waals surface area contributed by atoms with Crippen LogP contribution in [0.1, 0.15) is 20.7 Å². The molecule has 1 N–H and O–H groups in total. The average molecular weight is 450 g/mol. The van der Waals surface area contributed by atoms with Crippen LogP contribution in [-0.4, -0.2) is 44.1 Å². The van der Waals surface area contributed by atoms with Crippen molar-refractivity contribution >= 4 is 11.9 Å². The van der Waals surface area contributed by atoms with Crippen molar-refractivity contribution in [3.63, 3.8) is 0 Å². The molecule has 0 unspecified atom stereocenters. The number of esters is 1. The number of benzene rings is 2. The van der Waals surface area contributed by atoms with Gasteiger partial charge in [0.2, 0.25) is 0 Å². The van der Waals surface area contributed by atoms with E-state index in [0.29, 0.717) is 5.56 Å². The predicted octanol–water partition coefficient (Wildman–Crippen LogP) is 4.05. The Kier molecular flexibility index (Phi) is 7.43. The maximum absolute atomic E-state index is 13.6. The van der Waals surface area contributed by atoms with Crippen LogP contribution in [0.25, 0.3) is 22.8 Å². The van der Waals surface area contributed by atoms with Crippen LogP contribution in [0.5, 0.6) is 0 Å². The van der Waals surface area contributed by atoms with E-state index in [1.165, 1.54) is 56.2 Å². The van der Waals surface area contributed by atoms with Gasteiger partial charge in [-0.3, -0.25) is 0 Å². The van der Waals surface area contributed by atoms with Crippen LogP contribution in [0.3, 0.4) is 0 Å². The Morgan fingerprint density at radius 3 is 1.58 bits per heavy atom. The number of rotatable bonds is 4. The highest BCUT2D eigenvalue weighted by Gasteiger charge is 2.20. The molecule has 0 amide bonds. The minimum atomic E-state index is -1.33. The molecule has 33 heavy (non-hydrogen) atoms. The summed E-state index contributed by atoms with van der Waals surface area (Å²) in [7, 11) is 1.20. The molecule has 4 rings (SSSR count). The Morgan fingerprint density at radius 1 is 0.727 bits per heavy atom. The van der Waals surface area contributed by atoms with Crippen molar-refractivity contribution in [3.8, 4) is 22.8 Å². The molecule has 2 heterocycles. The van der Waals surface area contributed by atoms with Crippen LogP contribution in [0.2, 0.25) is 0 Å². The largest absolute Gasteiger partial charge is 0.478 e. The summed E-state index contributed by atoms with van der Waals surface area (Å²) in [4.78, 5) is 38.2. The van der Waals surface area contributed by atoms with Gasteiger partial charge >= 0.3 is 11.9 Å². The molecule has 0 radical (unpaired) electrons. The summed E-state index contributed by atoms with van der Waals surface area (Å²) in [6.07, 6.45) is 5.99. The van der Waals surface area contributed by atoms with Gasteiger partial charge in [0.15, 0.2) is 11.6 Å². The lowest BCUT2D eigenvalue weighted by Crippen LogP contribution is -2.07. The van der Waals surface area contributed by atoms with E-state index >= 15 is 0 Å². The number of carbonyl (C=O) groups is 2. The maximum Gasteiger partial charge on any atom is 0.341 e. The van der Waals surface area contributed by atoms with Crippen molar-refractivity contribution in [1.82, 2.24) is 19.9 Å². The van der Waals surface area contributed by atoms with E-state index in [4.69, 9.17) is 5.11 Å². The fourth-order valence-electron chi connectivity index (χ4n) is 2.82. The molecular weight excluding hydrogens is 434 g/mol. The molecule has 8 nitrogen and oxygen atoms in total. The molecule has 166 valence electrons. The quantitative estimate of drug-likeness (QED) is 0.463. The molecular formula is C23H16F2N4O4. The van der Waals surface area contributed by atoms with Crippen molar-refractivity contribution < 1.29 is 28.2 Å². The van der Waals surface area contributed by atoms with E-state index in [-0.39, 0.29) is 22.8 Å². The highest BCUT2D eigenvalue weighted by Crippen LogP contribution is 2.23. The van der Waals surface area contributed by atoms with Gasteiger partial charge in [0, 0.05) is 35.9 Å². The van der Waals surface area contributed by atoms with Crippen molar-refractivity contribution in [2.24, 2.45) is 0 Å². The molecule has 0 fully saturated rings. The number of methoxy groups -OCH3 is 1. The van der Waals surface area contributed by atoms with Crippen LogP contribution in [0, 0.1) is 11.6 Å². The van der Waals surface area contributed by atoms with Gasteiger partial charge in [0.05, 0.1) is 7.11 Å². The zero-order chi connectivity index (χ0) is 23.8. The summed E-state index contributed by atoms with van der Waals surface area (Å²) in [5.41, 5.74) is -0.0690. The van der Waals surface area contributed by atoms with E-state index in [9.17, 15) is 18.4 Å². The number of carbonyl (C=O) groups excluding carboxylic acids is 1. The summed E-state index contributed by atoms with van der Waals surface area (Å²) < 4.78 is 31.5. The molecule has 0 aliphatic heterocycles. The zero-order valence-corrected chi connectivity index (χ0v) is 17.1. The van der Waals surface area contributed by atoms with Gasteiger partial charge in [-0.15, -0.1) is 0 Å². The first kappa shape index (κ1) is 23.1. The van der Waals surface area contributed by atoms with Gasteiger partial charge in [0.25, 0.3) is 0 Å².